The number of carbonyl (C=O) groups is 1. The Bertz CT molecular complexity index is 534. The van der Waals surface area contributed by atoms with Crippen LogP contribution in [0.2, 0.25) is 0 Å². The van der Waals surface area contributed by atoms with Crippen molar-refractivity contribution in [1.29, 1.82) is 0 Å². The van der Waals surface area contributed by atoms with Crippen LogP contribution in [0.1, 0.15) is 26.5 Å². The summed E-state index contributed by atoms with van der Waals surface area (Å²) >= 11 is 1.25. The molecule has 5 heteroatoms. The molecule has 2 aromatic rings. The molecule has 2 heterocycles. The van der Waals surface area contributed by atoms with E-state index in [9.17, 15) is 4.79 Å². The van der Waals surface area contributed by atoms with Gasteiger partial charge in [0.05, 0.1) is 0 Å². The molecule has 0 saturated heterocycles. The summed E-state index contributed by atoms with van der Waals surface area (Å²) in [6, 6.07) is 5.82. The highest BCUT2D eigenvalue weighted by Crippen LogP contribution is 2.16. The molecule has 0 amide bonds. The third kappa shape index (κ3) is 3.15. The van der Waals surface area contributed by atoms with Crippen LogP contribution in [0.15, 0.2) is 29.8 Å². The molecule has 18 heavy (non-hydrogen) atoms. The number of aryl methyl sites for hydroxylation is 1. The van der Waals surface area contributed by atoms with Crippen molar-refractivity contribution < 1.29 is 9.90 Å². The van der Waals surface area contributed by atoms with E-state index in [1.54, 1.807) is 5.38 Å². The molecule has 0 aliphatic rings. The van der Waals surface area contributed by atoms with Crippen molar-refractivity contribution in [3.05, 3.63) is 51.5 Å². The lowest BCUT2D eigenvalue weighted by atomic mass is 10.2. The number of carboxylic acids is 1. The SMILES string of the molecule is Cc1ccc(CNCc2ccsc2C(=O)O)cn1. The molecule has 0 spiro atoms. The van der Waals surface area contributed by atoms with Gasteiger partial charge in [0, 0.05) is 25.0 Å². The average Bonchev–Trinajstić information content (AvgIpc) is 2.80. The molecular formula is C13H14N2O2S. The molecule has 0 fully saturated rings. The van der Waals surface area contributed by atoms with Crippen molar-refractivity contribution >= 4 is 17.3 Å². The molecule has 2 rings (SSSR count). The minimum atomic E-state index is -0.862. The number of nitrogens with zero attached hydrogens (tertiary/aromatic N) is 1. The number of aromatic carboxylic acids is 1. The molecule has 0 aliphatic carbocycles. The first-order valence-electron chi connectivity index (χ1n) is 5.58. The van der Waals surface area contributed by atoms with Crippen LogP contribution >= 0.6 is 11.3 Å². The van der Waals surface area contributed by atoms with Gasteiger partial charge >= 0.3 is 5.97 Å². The maximum absolute atomic E-state index is 10.9. The van der Waals surface area contributed by atoms with Crippen LogP contribution in [-0.4, -0.2) is 16.1 Å². The predicted molar refractivity (Wildman–Crippen MR) is 70.8 cm³/mol. The van der Waals surface area contributed by atoms with Crippen LogP contribution in [0.25, 0.3) is 0 Å². The van der Waals surface area contributed by atoms with Gasteiger partial charge in [-0.1, -0.05) is 6.07 Å². The molecule has 0 aliphatic heterocycles. The minimum Gasteiger partial charge on any atom is -0.477 e. The second kappa shape index (κ2) is 5.75. The first kappa shape index (κ1) is 12.7. The van der Waals surface area contributed by atoms with Crippen LogP contribution in [0, 0.1) is 6.92 Å². The van der Waals surface area contributed by atoms with Crippen LogP contribution in [-0.2, 0) is 13.1 Å². The average molecular weight is 262 g/mol. The highest BCUT2D eigenvalue weighted by molar-refractivity contribution is 7.12. The summed E-state index contributed by atoms with van der Waals surface area (Å²) in [5.74, 6) is -0.862. The van der Waals surface area contributed by atoms with Gasteiger partial charge < -0.3 is 10.4 Å². The first-order chi connectivity index (χ1) is 8.66. The number of carboxylic acid groups (broad SMARTS) is 1. The number of rotatable bonds is 5. The zero-order valence-corrected chi connectivity index (χ0v) is 10.8. The lowest BCUT2D eigenvalue weighted by Crippen LogP contribution is -2.14. The summed E-state index contributed by atoms with van der Waals surface area (Å²) in [5, 5.41) is 14.0. The van der Waals surface area contributed by atoms with Gasteiger partial charge in [0.2, 0.25) is 0 Å². The van der Waals surface area contributed by atoms with Gasteiger partial charge in [-0.05, 0) is 35.6 Å². The smallest absolute Gasteiger partial charge is 0.346 e. The summed E-state index contributed by atoms with van der Waals surface area (Å²) < 4.78 is 0. The molecular weight excluding hydrogens is 248 g/mol. The lowest BCUT2D eigenvalue weighted by molar-refractivity contribution is 0.0701. The van der Waals surface area contributed by atoms with Gasteiger partial charge in [0.15, 0.2) is 0 Å². The number of thiophene rings is 1. The van der Waals surface area contributed by atoms with Crippen molar-refractivity contribution in [2.75, 3.05) is 0 Å². The van der Waals surface area contributed by atoms with Gasteiger partial charge in [-0.25, -0.2) is 4.79 Å². The summed E-state index contributed by atoms with van der Waals surface area (Å²) in [5.41, 5.74) is 2.91. The third-order valence-corrected chi connectivity index (χ3v) is 3.50. The largest absolute Gasteiger partial charge is 0.477 e. The Labute approximate surface area is 109 Å². The van der Waals surface area contributed by atoms with Gasteiger partial charge in [0.1, 0.15) is 4.88 Å². The topological polar surface area (TPSA) is 62.2 Å². The van der Waals surface area contributed by atoms with Crippen molar-refractivity contribution in [2.24, 2.45) is 0 Å². The molecule has 0 radical (unpaired) electrons. The molecule has 0 bridgehead atoms. The van der Waals surface area contributed by atoms with E-state index in [0.29, 0.717) is 18.0 Å². The fraction of sp³-hybridized carbons (Fsp3) is 0.231. The monoisotopic (exact) mass is 262 g/mol. The maximum atomic E-state index is 10.9. The van der Waals surface area contributed by atoms with E-state index in [-0.39, 0.29) is 0 Å². The summed E-state index contributed by atoms with van der Waals surface area (Å²) in [6.45, 7) is 3.18. The molecule has 0 saturated carbocycles. The lowest BCUT2D eigenvalue weighted by Gasteiger charge is -2.04. The highest BCUT2D eigenvalue weighted by Gasteiger charge is 2.10. The Kier molecular flexibility index (Phi) is 4.07. The highest BCUT2D eigenvalue weighted by atomic mass is 32.1. The van der Waals surface area contributed by atoms with E-state index in [1.807, 2.05) is 31.3 Å². The van der Waals surface area contributed by atoms with Crippen LogP contribution < -0.4 is 5.32 Å². The standard InChI is InChI=1S/C13H14N2O2S/c1-9-2-3-10(7-15-9)6-14-8-11-4-5-18-12(11)13(16)17/h2-5,7,14H,6,8H2,1H3,(H,16,17). The summed E-state index contributed by atoms with van der Waals surface area (Å²) in [4.78, 5) is 15.5. The van der Waals surface area contributed by atoms with Crippen molar-refractivity contribution in [2.45, 2.75) is 20.0 Å². The maximum Gasteiger partial charge on any atom is 0.346 e. The molecule has 0 unspecified atom stereocenters. The number of hydrogen-bond donors (Lipinski definition) is 2. The van der Waals surface area contributed by atoms with Gasteiger partial charge in [-0.3, -0.25) is 4.98 Å². The zero-order chi connectivity index (χ0) is 13.0. The summed E-state index contributed by atoms with van der Waals surface area (Å²) in [7, 11) is 0. The Hall–Kier alpha value is -1.72. The fourth-order valence-electron chi connectivity index (χ4n) is 1.61. The molecule has 2 aromatic heterocycles. The van der Waals surface area contributed by atoms with E-state index in [4.69, 9.17) is 5.11 Å². The third-order valence-electron chi connectivity index (χ3n) is 2.56. The molecule has 0 atom stereocenters. The minimum absolute atomic E-state index is 0.407. The van der Waals surface area contributed by atoms with Crippen LogP contribution in [0.5, 0.6) is 0 Å². The Morgan fingerprint density at radius 2 is 2.22 bits per heavy atom. The second-order valence-corrected chi connectivity index (χ2v) is 4.91. The van der Waals surface area contributed by atoms with Gasteiger partial charge in [-0.2, -0.15) is 0 Å². The molecule has 0 aromatic carbocycles. The van der Waals surface area contributed by atoms with Crippen molar-refractivity contribution in [1.82, 2.24) is 10.3 Å². The molecule has 2 N–H and O–H groups in total. The van der Waals surface area contributed by atoms with E-state index in [0.717, 1.165) is 16.8 Å². The number of pyridine rings is 1. The number of nitrogens with one attached hydrogen (secondary N) is 1. The Morgan fingerprint density at radius 3 is 2.89 bits per heavy atom. The normalized spacial score (nSPS) is 10.5. The number of hydrogen-bond acceptors (Lipinski definition) is 4. The van der Waals surface area contributed by atoms with E-state index < -0.39 is 5.97 Å². The Morgan fingerprint density at radius 1 is 1.39 bits per heavy atom. The predicted octanol–water partition coefficient (Wildman–Crippen LogP) is 2.44. The fourth-order valence-corrected chi connectivity index (χ4v) is 2.37. The van der Waals surface area contributed by atoms with E-state index in [1.165, 1.54) is 11.3 Å². The van der Waals surface area contributed by atoms with Crippen molar-refractivity contribution in [3.8, 4) is 0 Å². The molecule has 94 valence electrons. The second-order valence-electron chi connectivity index (χ2n) is 3.99. The van der Waals surface area contributed by atoms with E-state index >= 15 is 0 Å². The van der Waals surface area contributed by atoms with Gasteiger partial charge in [-0.15, -0.1) is 11.3 Å². The van der Waals surface area contributed by atoms with E-state index in [2.05, 4.69) is 10.3 Å². The quantitative estimate of drug-likeness (QED) is 0.868. The van der Waals surface area contributed by atoms with Crippen LogP contribution in [0.3, 0.4) is 0 Å². The number of aromatic nitrogens is 1. The zero-order valence-electron chi connectivity index (χ0n) is 10.0. The molecule has 4 nitrogen and oxygen atoms in total. The summed E-state index contributed by atoms with van der Waals surface area (Å²) in [6.07, 6.45) is 1.83. The van der Waals surface area contributed by atoms with Crippen molar-refractivity contribution in [3.63, 3.8) is 0 Å². The van der Waals surface area contributed by atoms with Crippen LogP contribution in [0.4, 0.5) is 0 Å². The van der Waals surface area contributed by atoms with Gasteiger partial charge in [0.25, 0.3) is 0 Å². The first-order valence-corrected chi connectivity index (χ1v) is 6.46. The Balaban J connectivity index is 1.90.